The fourth-order valence-electron chi connectivity index (χ4n) is 1.95. The van der Waals surface area contributed by atoms with E-state index < -0.39 is 0 Å². The average molecular weight is 201 g/mol. The lowest BCUT2D eigenvalue weighted by Gasteiger charge is -2.10. The van der Waals surface area contributed by atoms with Crippen LogP contribution in [0.25, 0.3) is 0 Å². The second-order valence-electron chi connectivity index (χ2n) is 3.38. The van der Waals surface area contributed by atoms with Crippen LogP contribution in [0.15, 0.2) is 24.3 Å². The molecule has 1 aromatic carbocycles. The van der Waals surface area contributed by atoms with E-state index in [1.807, 2.05) is 13.8 Å². The number of nitrogens with one attached hydrogen (secondary N) is 1. The van der Waals surface area contributed by atoms with Crippen molar-refractivity contribution < 1.29 is 0 Å². The first-order valence-electron chi connectivity index (χ1n) is 5.66. The number of hydrogen-bond acceptors (Lipinski definition) is 1. The fourth-order valence-corrected chi connectivity index (χ4v) is 1.95. The highest BCUT2D eigenvalue weighted by Crippen LogP contribution is 2.30. The summed E-state index contributed by atoms with van der Waals surface area (Å²) in [5.74, 6) is 2.61. The Balaban J connectivity index is 0.000000531. The lowest BCUT2D eigenvalue weighted by molar-refractivity contribution is 0.568. The largest absolute Gasteiger partial charge is 0.299 e. The van der Waals surface area contributed by atoms with Crippen molar-refractivity contribution >= 4 is 0 Å². The zero-order valence-corrected chi connectivity index (χ0v) is 9.59. The molecule has 1 atom stereocenters. The van der Waals surface area contributed by atoms with Gasteiger partial charge in [0, 0.05) is 6.04 Å². The van der Waals surface area contributed by atoms with Gasteiger partial charge in [-0.2, -0.15) is 0 Å². The molecule has 0 spiro atoms. The Kier molecular flexibility index (Phi) is 4.93. The third-order valence-electron chi connectivity index (χ3n) is 2.58. The van der Waals surface area contributed by atoms with Gasteiger partial charge in [-0.25, -0.2) is 0 Å². The van der Waals surface area contributed by atoms with Crippen LogP contribution in [0.2, 0.25) is 0 Å². The molecule has 1 nitrogen and oxygen atoms in total. The molecule has 0 unspecified atom stereocenters. The van der Waals surface area contributed by atoms with Crippen molar-refractivity contribution in [3.05, 3.63) is 35.4 Å². The zero-order chi connectivity index (χ0) is 11.1. The molecule has 0 heterocycles. The van der Waals surface area contributed by atoms with Crippen LogP contribution < -0.4 is 5.32 Å². The van der Waals surface area contributed by atoms with Gasteiger partial charge in [-0.15, -0.1) is 6.42 Å². The smallest absolute Gasteiger partial charge is 0.0578 e. The molecule has 0 amide bonds. The van der Waals surface area contributed by atoms with Crippen molar-refractivity contribution in [3.63, 3.8) is 0 Å². The van der Waals surface area contributed by atoms with Gasteiger partial charge in [0.1, 0.15) is 0 Å². The van der Waals surface area contributed by atoms with Crippen molar-refractivity contribution in [1.29, 1.82) is 0 Å². The Morgan fingerprint density at radius 3 is 2.87 bits per heavy atom. The minimum Gasteiger partial charge on any atom is -0.299 e. The number of fused-ring (bicyclic) bond motifs is 1. The normalized spacial score (nSPS) is 17.3. The summed E-state index contributed by atoms with van der Waals surface area (Å²) >= 11 is 0. The first-order chi connectivity index (χ1) is 7.42. The van der Waals surface area contributed by atoms with Gasteiger partial charge in [-0.05, 0) is 24.0 Å². The van der Waals surface area contributed by atoms with E-state index in [1.165, 1.54) is 24.0 Å². The monoisotopic (exact) mass is 201 g/mol. The van der Waals surface area contributed by atoms with Gasteiger partial charge in [0.05, 0.1) is 6.54 Å². The summed E-state index contributed by atoms with van der Waals surface area (Å²) in [6, 6.07) is 9.06. The van der Waals surface area contributed by atoms with E-state index in [4.69, 9.17) is 6.42 Å². The second kappa shape index (κ2) is 6.27. The average Bonchev–Trinajstić information content (AvgIpc) is 2.72. The number of terminal acetylenes is 1. The molecule has 1 aliphatic carbocycles. The summed E-state index contributed by atoms with van der Waals surface area (Å²) in [5.41, 5.74) is 2.90. The summed E-state index contributed by atoms with van der Waals surface area (Å²) in [6.07, 6.45) is 7.57. The summed E-state index contributed by atoms with van der Waals surface area (Å²) in [4.78, 5) is 0. The molecule has 1 aromatic rings. The van der Waals surface area contributed by atoms with Gasteiger partial charge in [0.15, 0.2) is 0 Å². The Morgan fingerprint density at radius 2 is 2.13 bits per heavy atom. The molecule has 1 heteroatoms. The van der Waals surface area contributed by atoms with E-state index in [1.54, 1.807) is 0 Å². The van der Waals surface area contributed by atoms with Gasteiger partial charge in [-0.1, -0.05) is 44.0 Å². The molecule has 15 heavy (non-hydrogen) atoms. The van der Waals surface area contributed by atoms with E-state index in [0.29, 0.717) is 12.6 Å². The molecule has 0 radical (unpaired) electrons. The van der Waals surface area contributed by atoms with Crippen molar-refractivity contribution in [2.24, 2.45) is 0 Å². The van der Waals surface area contributed by atoms with E-state index in [9.17, 15) is 0 Å². The predicted molar refractivity (Wildman–Crippen MR) is 65.7 cm³/mol. The molecule has 2 rings (SSSR count). The maximum atomic E-state index is 5.21. The molecule has 0 saturated heterocycles. The van der Waals surface area contributed by atoms with Crippen LogP contribution >= 0.6 is 0 Å². The molecule has 0 aromatic heterocycles. The van der Waals surface area contributed by atoms with Crippen molar-refractivity contribution in [2.75, 3.05) is 6.54 Å². The SMILES string of the molecule is C#CCN[C@H]1CCc2ccccc21.CC. The number of hydrogen-bond donors (Lipinski definition) is 1. The molecular weight excluding hydrogens is 182 g/mol. The predicted octanol–water partition coefficient (Wildman–Crippen LogP) is 2.92. The Labute approximate surface area is 92.9 Å². The van der Waals surface area contributed by atoms with Crippen LogP contribution in [0.1, 0.15) is 37.4 Å². The number of rotatable bonds is 2. The first kappa shape index (κ1) is 11.8. The lowest BCUT2D eigenvalue weighted by Crippen LogP contribution is -2.19. The third-order valence-corrected chi connectivity index (χ3v) is 2.58. The van der Waals surface area contributed by atoms with Crippen LogP contribution in [0.5, 0.6) is 0 Å². The van der Waals surface area contributed by atoms with Crippen molar-refractivity contribution in [1.82, 2.24) is 5.32 Å². The van der Waals surface area contributed by atoms with E-state index >= 15 is 0 Å². The third kappa shape index (κ3) is 2.84. The first-order valence-corrected chi connectivity index (χ1v) is 5.66. The van der Waals surface area contributed by atoms with Gasteiger partial charge in [-0.3, -0.25) is 5.32 Å². The molecule has 1 N–H and O–H groups in total. The van der Waals surface area contributed by atoms with Crippen molar-refractivity contribution in [2.45, 2.75) is 32.7 Å². The minimum absolute atomic E-state index is 0.479. The van der Waals surface area contributed by atoms with Crippen LogP contribution in [-0.4, -0.2) is 6.54 Å². The molecule has 1 aliphatic rings. The number of benzene rings is 1. The lowest BCUT2D eigenvalue weighted by atomic mass is 10.1. The Bertz CT molecular complexity index is 335. The standard InChI is InChI=1S/C12H13N.C2H6/c1-2-9-13-12-8-7-10-5-3-4-6-11(10)12;1-2/h1,3-6,12-13H,7-9H2;1-2H3/t12-;/m0./s1. The topological polar surface area (TPSA) is 12.0 Å². The summed E-state index contributed by atoms with van der Waals surface area (Å²) in [7, 11) is 0. The molecule has 0 saturated carbocycles. The molecular formula is C14H19N. The van der Waals surface area contributed by atoms with Gasteiger partial charge >= 0.3 is 0 Å². The van der Waals surface area contributed by atoms with E-state index in [0.717, 1.165) is 0 Å². The molecule has 0 fully saturated rings. The van der Waals surface area contributed by atoms with Gasteiger partial charge in [0.25, 0.3) is 0 Å². The van der Waals surface area contributed by atoms with Crippen molar-refractivity contribution in [3.8, 4) is 12.3 Å². The second-order valence-corrected chi connectivity index (χ2v) is 3.38. The van der Waals surface area contributed by atoms with Crippen LogP contribution in [0.3, 0.4) is 0 Å². The fraction of sp³-hybridized carbons (Fsp3) is 0.429. The van der Waals surface area contributed by atoms with E-state index in [2.05, 4.69) is 35.5 Å². The highest BCUT2D eigenvalue weighted by atomic mass is 14.9. The van der Waals surface area contributed by atoms with E-state index in [-0.39, 0.29) is 0 Å². The molecule has 0 aliphatic heterocycles. The quantitative estimate of drug-likeness (QED) is 0.725. The summed E-state index contributed by atoms with van der Waals surface area (Å²) in [5, 5.41) is 3.35. The van der Waals surface area contributed by atoms with Crippen LogP contribution in [-0.2, 0) is 6.42 Å². The van der Waals surface area contributed by atoms with Gasteiger partial charge in [0.2, 0.25) is 0 Å². The Hall–Kier alpha value is -1.26. The highest BCUT2D eigenvalue weighted by molar-refractivity contribution is 5.34. The zero-order valence-electron chi connectivity index (χ0n) is 9.59. The molecule has 80 valence electrons. The summed E-state index contributed by atoms with van der Waals surface area (Å²) in [6.45, 7) is 4.67. The van der Waals surface area contributed by atoms with Crippen LogP contribution in [0.4, 0.5) is 0 Å². The maximum Gasteiger partial charge on any atom is 0.0578 e. The Morgan fingerprint density at radius 1 is 1.40 bits per heavy atom. The minimum atomic E-state index is 0.479. The molecule has 0 bridgehead atoms. The summed E-state index contributed by atoms with van der Waals surface area (Å²) < 4.78 is 0. The maximum absolute atomic E-state index is 5.21. The number of aryl methyl sites for hydroxylation is 1. The highest BCUT2D eigenvalue weighted by Gasteiger charge is 2.20. The van der Waals surface area contributed by atoms with Gasteiger partial charge < -0.3 is 0 Å². The van der Waals surface area contributed by atoms with Crippen LogP contribution in [0, 0.1) is 12.3 Å².